The number of hydrogen-bond acceptors (Lipinski definition) is 4. The van der Waals surface area contributed by atoms with Crippen LogP contribution < -0.4 is 9.47 Å². The number of ether oxygens (including phenoxy) is 2. The number of aliphatic hydroxyl groups excluding tert-OH is 2. The zero-order valence-corrected chi connectivity index (χ0v) is 23.1. The van der Waals surface area contributed by atoms with Crippen molar-refractivity contribution in [1.82, 2.24) is 0 Å². The summed E-state index contributed by atoms with van der Waals surface area (Å²) in [6.07, 6.45) is 0. The molecule has 0 aromatic heterocycles. The van der Waals surface area contributed by atoms with E-state index in [0.717, 1.165) is 26.8 Å². The van der Waals surface area contributed by atoms with E-state index < -0.39 is 5.41 Å². The Labute approximate surface area is 207 Å². The average molecular weight is 762 g/mol. The third kappa shape index (κ3) is 6.41. The second-order valence-corrected chi connectivity index (χ2v) is 11.0. The lowest BCUT2D eigenvalue weighted by molar-refractivity contribution is -0.0193. The average Bonchev–Trinajstić information content (AvgIpc) is 2.58. The minimum absolute atomic E-state index is 0.0601. The Hall–Kier alpha value is 0.840. The van der Waals surface area contributed by atoms with Crippen LogP contribution in [0.1, 0.15) is 0 Å². The van der Waals surface area contributed by atoms with Crippen LogP contribution >= 0.6 is 95.6 Å². The van der Waals surface area contributed by atoms with Gasteiger partial charge in [-0.15, -0.1) is 0 Å². The first kappa shape index (κ1) is 24.1. The Morgan fingerprint density at radius 1 is 0.630 bits per heavy atom. The molecule has 27 heavy (non-hydrogen) atoms. The van der Waals surface area contributed by atoms with Gasteiger partial charge in [0.05, 0.1) is 36.5 Å². The Bertz CT molecular complexity index is 700. The largest absolute Gasteiger partial charge is 0.490 e. The molecule has 0 radical (unpaired) electrons. The SMILES string of the molecule is OCC(CO)(COc1c(Br)cc(Br)cc1Br)COc1c(Br)cc(Br)cc1Br. The second kappa shape index (κ2) is 10.7. The molecule has 2 rings (SSSR count). The van der Waals surface area contributed by atoms with Gasteiger partial charge in [0, 0.05) is 8.95 Å². The number of rotatable bonds is 8. The monoisotopic (exact) mass is 756 g/mol. The van der Waals surface area contributed by atoms with E-state index in [4.69, 9.17) is 9.47 Å². The number of hydrogen-bond donors (Lipinski definition) is 2. The van der Waals surface area contributed by atoms with E-state index in [1.165, 1.54) is 0 Å². The van der Waals surface area contributed by atoms with Gasteiger partial charge in [-0.1, -0.05) is 31.9 Å². The van der Waals surface area contributed by atoms with Crippen molar-refractivity contribution >= 4 is 95.6 Å². The molecule has 0 saturated carbocycles. The van der Waals surface area contributed by atoms with Crippen LogP contribution in [-0.2, 0) is 0 Å². The van der Waals surface area contributed by atoms with Crippen molar-refractivity contribution in [2.45, 2.75) is 0 Å². The quantitative estimate of drug-likeness (QED) is 0.315. The summed E-state index contributed by atoms with van der Waals surface area (Å²) in [6, 6.07) is 7.41. The molecule has 0 aliphatic carbocycles. The highest BCUT2D eigenvalue weighted by Gasteiger charge is 2.32. The Morgan fingerprint density at radius 2 is 0.926 bits per heavy atom. The maximum atomic E-state index is 9.92. The van der Waals surface area contributed by atoms with Gasteiger partial charge in [-0.2, -0.15) is 0 Å². The van der Waals surface area contributed by atoms with E-state index in [-0.39, 0.29) is 26.4 Å². The van der Waals surface area contributed by atoms with Crippen molar-refractivity contribution < 1.29 is 19.7 Å². The molecule has 10 heteroatoms. The third-order valence-electron chi connectivity index (χ3n) is 3.64. The molecule has 148 valence electrons. The molecular formula is C17H14Br6O4. The highest BCUT2D eigenvalue weighted by Crippen LogP contribution is 2.39. The fourth-order valence-corrected chi connectivity index (χ4v) is 7.03. The maximum absolute atomic E-state index is 9.92. The van der Waals surface area contributed by atoms with Gasteiger partial charge < -0.3 is 19.7 Å². The van der Waals surface area contributed by atoms with Crippen molar-refractivity contribution in [3.8, 4) is 11.5 Å². The summed E-state index contributed by atoms with van der Waals surface area (Å²) in [5, 5.41) is 19.8. The molecule has 2 aromatic rings. The molecule has 0 unspecified atom stereocenters. The lowest BCUT2D eigenvalue weighted by atomic mass is 9.92. The van der Waals surface area contributed by atoms with Crippen molar-refractivity contribution in [2.75, 3.05) is 26.4 Å². The van der Waals surface area contributed by atoms with E-state index in [2.05, 4.69) is 95.6 Å². The lowest BCUT2D eigenvalue weighted by Gasteiger charge is -2.30. The van der Waals surface area contributed by atoms with Crippen LogP contribution in [0.25, 0.3) is 0 Å². The molecule has 0 spiro atoms. The van der Waals surface area contributed by atoms with Crippen LogP contribution in [0.3, 0.4) is 0 Å². The van der Waals surface area contributed by atoms with Gasteiger partial charge in [0.15, 0.2) is 0 Å². The molecule has 0 atom stereocenters. The highest BCUT2D eigenvalue weighted by atomic mass is 79.9. The van der Waals surface area contributed by atoms with Crippen molar-refractivity contribution in [3.05, 3.63) is 51.1 Å². The van der Waals surface area contributed by atoms with Gasteiger partial charge >= 0.3 is 0 Å². The minimum Gasteiger partial charge on any atom is -0.490 e. The third-order valence-corrected chi connectivity index (χ3v) is 6.91. The minimum atomic E-state index is -0.988. The van der Waals surface area contributed by atoms with Crippen LogP contribution in [0.4, 0.5) is 0 Å². The summed E-state index contributed by atoms with van der Waals surface area (Å²) in [7, 11) is 0. The van der Waals surface area contributed by atoms with E-state index in [9.17, 15) is 10.2 Å². The molecule has 0 saturated heterocycles. The zero-order chi connectivity index (χ0) is 20.2. The highest BCUT2D eigenvalue weighted by molar-refractivity contribution is 9.12. The topological polar surface area (TPSA) is 58.9 Å². The molecule has 0 aliphatic heterocycles. The maximum Gasteiger partial charge on any atom is 0.147 e. The van der Waals surface area contributed by atoms with Crippen LogP contribution in [-0.4, -0.2) is 36.6 Å². The zero-order valence-electron chi connectivity index (χ0n) is 13.6. The van der Waals surface area contributed by atoms with Crippen LogP contribution in [0.5, 0.6) is 11.5 Å². The molecule has 0 bridgehead atoms. The molecular weight excluding hydrogens is 748 g/mol. The van der Waals surface area contributed by atoms with Crippen molar-refractivity contribution in [1.29, 1.82) is 0 Å². The van der Waals surface area contributed by atoms with E-state index >= 15 is 0 Å². The van der Waals surface area contributed by atoms with Crippen LogP contribution in [0.15, 0.2) is 51.1 Å². The molecule has 0 heterocycles. The summed E-state index contributed by atoms with van der Waals surface area (Å²) in [6.45, 7) is -0.489. The summed E-state index contributed by atoms with van der Waals surface area (Å²) >= 11 is 20.6. The normalized spacial score (nSPS) is 11.6. The van der Waals surface area contributed by atoms with E-state index in [1.54, 1.807) is 0 Å². The van der Waals surface area contributed by atoms with E-state index in [0.29, 0.717) is 11.5 Å². The molecule has 0 aliphatic rings. The standard InChI is InChI=1S/C17H14Br6O4/c18-9-1-11(20)15(12(21)2-9)26-7-17(5-24,6-25)8-27-16-13(22)3-10(19)4-14(16)23/h1-4,24-25H,5-8H2. The first-order valence-electron chi connectivity index (χ1n) is 7.48. The second-order valence-electron chi connectivity index (χ2n) is 5.79. The molecule has 0 fully saturated rings. The smallest absolute Gasteiger partial charge is 0.147 e. The molecule has 2 N–H and O–H groups in total. The van der Waals surface area contributed by atoms with Crippen LogP contribution in [0.2, 0.25) is 0 Å². The van der Waals surface area contributed by atoms with Gasteiger partial charge in [-0.05, 0) is 88.0 Å². The fourth-order valence-electron chi connectivity index (χ4n) is 2.06. The van der Waals surface area contributed by atoms with Gasteiger partial charge in [0.1, 0.15) is 24.7 Å². The van der Waals surface area contributed by atoms with Gasteiger partial charge in [-0.3, -0.25) is 0 Å². The predicted octanol–water partition coefficient (Wildman–Crippen LogP) is 6.69. The Balaban J connectivity index is 2.16. The van der Waals surface area contributed by atoms with Crippen molar-refractivity contribution in [2.24, 2.45) is 5.41 Å². The lowest BCUT2D eigenvalue weighted by Crippen LogP contribution is -2.42. The van der Waals surface area contributed by atoms with E-state index in [1.807, 2.05) is 24.3 Å². The Kier molecular flexibility index (Phi) is 9.60. The van der Waals surface area contributed by atoms with Gasteiger partial charge in [-0.25, -0.2) is 0 Å². The molecule has 2 aromatic carbocycles. The van der Waals surface area contributed by atoms with Gasteiger partial charge in [0.25, 0.3) is 0 Å². The summed E-state index contributed by atoms with van der Waals surface area (Å²) in [4.78, 5) is 0. The fraction of sp³-hybridized carbons (Fsp3) is 0.294. The Morgan fingerprint density at radius 3 is 1.19 bits per heavy atom. The molecule has 4 nitrogen and oxygen atoms in total. The van der Waals surface area contributed by atoms with Crippen molar-refractivity contribution in [3.63, 3.8) is 0 Å². The first-order chi connectivity index (χ1) is 12.7. The summed E-state index contributed by atoms with van der Waals surface area (Å²) in [5.74, 6) is 1.16. The number of benzene rings is 2. The predicted molar refractivity (Wildman–Crippen MR) is 127 cm³/mol. The summed E-state index contributed by atoms with van der Waals surface area (Å²) < 4.78 is 16.5. The first-order valence-corrected chi connectivity index (χ1v) is 12.2. The number of aliphatic hydroxyl groups is 2. The number of halogens is 6. The summed E-state index contributed by atoms with van der Waals surface area (Å²) in [5.41, 5.74) is -0.988. The van der Waals surface area contributed by atoms with Crippen LogP contribution in [0, 0.1) is 5.41 Å². The van der Waals surface area contributed by atoms with Gasteiger partial charge in [0.2, 0.25) is 0 Å². The molecule has 0 amide bonds.